The van der Waals surface area contributed by atoms with E-state index in [0.29, 0.717) is 0 Å². The highest BCUT2D eigenvalue weighted by Gasteiger charge is 2.27. The minimum Gasteiger partial charge on any atom is -0.381 e. The van der Waals surface area contributed by atoms with Gasteiger partial charge in [0.25, 0.3) is 0 Å². The van der Waals surface area contributed by atoms with E-state index in [1.165, 1.54) is 32.5 Å². The van der Waals surface area contributed by atoms with E-state index in [4.69, 9.17) is 4.74 Å². The lowest BCUT2D eigenvalue weighted by molar-refractivity contribution is 0.0549. The van der Waals surface area contributed by atoms with E-state index >= 15 is 0 Å². The van der Waals surface area contributed by atoms with Crippen molar-refractivity contribution < 1.29 is 4.74 Å². The van der Waals surface area contributed by atoms with Gasteiger partial charge in [0.05, 0.1) is 0 Å². The highest BCUT2D eigenvalue weighted by Crippen LogP contribution is 2.25. The van der Waals surface area contributed by atoms with Gasteiger partial charge in [-0.05, 0) is 30.6 Å². The maximum Gasteiger partial charge on any atom is 0.0469 e. The summed E-state index contributed by atoms with van der Waals surface area (Å²) in [6, 6.07) is 0. The van der Waals surface area contributed by atoms with Crippen LogP contribution in [0.4, 0.5) is 0 Å². The minimum absolute atomic E-state index is 0.898. The second-order valence-electron chi connectivity index (χ2n) is 5.23. The van der Waals surface area contributed by atoms with Gasteiger partial charge < -0.3 is 9.64 Å². The van der Waals surface area contributed by atoms with Crippen LogP contribution in [-0.4, -0.2) is 37.7 Å². The molecular formula is C12H23NO. The molecule has 2 aliphatic rings. The van der Waals surface area contributed by atoms with E-state index in [1.54, 1.807) is 0 Å². The molecule has 14 heavy (non-hydrogen) atoms. The number of likely N-dealkylation sites (tertiary alicyclic amines) is 1. The third-order valence-electron chi connectivity index (χ3n) is 3.92. The molecule has 0 bridgehead atoms. The van der Waals surface area contributed by atoms with Crippen LogP contribution in [-0.2, 0) is 4.74 Å². The maximum atomic E-state index is 5.39. The summed E-state index contributed by atoms with van der Waals surface area (Å²) in [7, 11) is 0. The van der Waals surface area contributed by atoms with Gasteiger partial charge in [-0.25, -0.2) is 0 Å². The Balaban J connectivity index is 1.74. The smallest absolute Gasteiger partial charge is 0.0469 e. The Hall–Kier alpha value is -0.0800. The fourth-order valence-corrected chi connectivity index (χ4v) is 2.69. The quantitative estimate of drug-likeness (QED) is 0.671. The van der Waals surface area contributed by atoms with E-state index < -0.39 is 0 Å². The van der Waals surface area contributed by atoms with Gasteiger partial charge in [0.1, 0.15) is 0 Å². The fourth-order valence-electron chi connectivity index (χ4n) is 2.69. The minimum atomic E-state index is 0.898. The van der Waals surface area contributed by atoms with Crippen molar-refractivity contribution in [1.29, 1.82) is 0 Å². The molecule has 2 unspecified atom stereocenters. The molecule has 2 fully saturated rings. The van der Waals surface area contributed by atoms with Gasteiger partial charge in [-0.3, -0.25) is 0 Å². The van der Waals surface area contributed by atoms with Gasteiger partial charge in [0, 0.05) is 32.8 Å². The zero-order valence-electron chi connectivity index (χ0n) is 9.54. The zero-order valence-corrected chi connectivity index (χ0v) is 9.54. The predicted octanol–water partition coefficient (Wildman–Crippen LogP) is 2.00. The highest BCUT2D eigenvalue weighted by molar-refractivity contribution is 4.80. The zero-order chi connectivity index (χ0) is 9.97. The molecule has 2 rings (SSSR count). The van der Waals surface area contributed by atoms with Crippen molar-refractivity contribution in [3.05, 3.63) is 0 Å². The Morgan fingerprint density at radius 3 is 2.21 bits per heavy atom. The van der Waals surface area contributed by atoms with Crippen LogP contribution in [0.25, 0.3) is 0 Å². The summed E-state index contributed by atoms with van der Waals surface area (Å²) in [5.74, 6) is 2.70. The van der Waals surface area contributed by atoms with Crippen LogP contribution in [0.15, 0.2) is 0 Å². The standard InChI is InChI=1S/C12H23NO/c1-10-7-13(8-11(10)2)9-12-3-5-14-6-4-12/h10-12H,3-9H2,1-2H3. The number of ether oxygens (including phenoxy) is 1. The lowest BCUT2D eigenvalue weighted by atomic mass is 10.00. The molecular weight excluding hydrogens is 174 g/mol. The molecule has 0 aromatic carbocycles. The summed E-state index contributed by atoms with van der Waals surface area (Å²) in [5.41, 5.74) is 0. The number of hydrogen-bond donors (Lipinski definition) is 0. The summed E-state index contributed by atoms with van der Waals surface area (Å²) in [6.07, 6.45) is 2.55. The van der Waals surface area contributed by atoms with Crippen molar-refractivity contribution >= 4 is 0 Å². The van der Waals surface area contributed by atoms with Crippen LogP contribution in [0.5, 0.6) is 0 Å². The van der Waals surface area contributed by atoms with Crippen molar-refractivity contribution in [1.82, 2.24) is 4.90 Å². The van der Waals surface area contributed by atoms with E-state index in [0.717, 1.165) is 31.0 Å². The van der Waals surface area contributed by atoms with Crippen LogP contribution < -0.4 is 0 Å². The summed E-state index contributed by atoms with van der Waals surface area (Å²) in [5, 5.41) is 0. The van der Waals surface area contributed by atoms with Crippen molar-refractivity contribution in [2.24, 2.45) is 17.8 Å². The van der Waals surface area contributed by atoms with Crippen molar-refractivity contribution in [3.8, 4) is 0 Å². The molecule has 2 saturated heterocycles. The number of hydrogen-bond acceptors (Lipinski definition) is 2. The molecule has 0 aromatic heterocycles. The van der Waals surface area contributed by atoms with Crippen LogP contribution >= 0.6 is 0 Å². The molecule has 2 nitrogen and oxygen atoms in total. The Morgan fingerprint density at radius 2 is 1.64 bits per heavy atom. The van der Waals surface area contributed by atoms with E-state index in [9.17, 15) is 0 Å². The molecule has 0 spiro atoms. The van der Waals surface area contributed by atoms with Crippen molar-refractivity contribution in [2.75, 3.05) is 32.8 Å². The molecule has 0 N–H and O–H groups in total. The van der Waals surface area contributed by atoms with Gasteiger partial charge in [-0.2, -0.15) is 0 Å². The third-order valence-corrected chi connectivity index (χ3v) is 3.92. The first-order valence-electron chi connectivity index (χ1n) is 6.06. The average Bonchev–Trinajstić information content (AvgIpc) is 2.47. The molecule has 2 atom stereocenters. The molecule has 0 saturated carbocycles. The molecule has 0 radical (unpaired) electrons. The lowest BCUT2D eigenvalue weighted by Gasteiger charge is -2.26. The van der Waals surface area contributed by atoms with E-state index in [1.807, 2.05) is 0 Å². The lowest BCUT2D eigenvalue weighted by Crippen LogP contribution is -2.31. The Kier molecular flexibility index (Phi) is 3.45. The molecule has 0 aliphatic carbocycles. The second-order valence-corrected chi connectivity index (χ2v) is 5.23. The van der Waals surface area contributed by atoms with Crippen LogP contribution in [0, 0.1) is 17.8 Å². The van der Waals surface area contributed by atoms with Crippen LogP contribution in [0.2, 0.25) is 0 Å². The van der Waals surface area contributed by atoms with Gasteiger partial charge in [-0.1, -0.05) is 13.8 Å². The summed E-state index contributed by atoms with van der Waals surface area (Å²) >= 11 is 0. The first-order chi connectivity index (χ1) is 6.75. The monoisotopic (exact) mass is 197 g/mol. The van der Waals surface area contributed by atoms with Crippen molar-refractivity contribution in [3.63, 3.8) is 0 Å². The second kappa shape index (κ2) is 4.63. The molecule has 2 heterocycles. The van der Waals surface area contributed by atoms with Crippen LogP contribution in [0.3, 0.4) is 0 Å². The summed E-state index contributed by atoms with van der Waals surface area (Å²) in [6.45, 7) is 10.7. The van der Waals surface area contributed by atoms with Crippen molar-refractivity contribution in [2.45, 2.75) is 26.7 Å². The van der Waals surface area contributed by atoms with E-state index in [-0.39, 0.29) is 0 Å². The average molecular weight is 197 g/mol. The SMILES string of the molecule is CC1CN(CC2CCOCC2)CC1C. The Labute approximate surface area is 87.6 Å². The maximum absolute atomic E-state index is 5.39. The number of rotatable bonds is 2. The van der Waals surface area contributed by atoms with Gasteiger partial charge in [-0.15, -0.1) is 0 Å². The predicted molar refractivity (Wildman–Crippen MR) is 58.3 cm³/mol. The van der Waals surface area contributed by atoms with Crippen LogP contribution in [0.1, 0.15) is 26.7 Å². The first-order valence-corrected chi connectivity index (χ1v) is 6.06. The van der Waals surface area contributed by atoms with Gasteiger partial charge >= 0.3 is 0 Å². The van der Waals surface area contributed by atoms with Gasteiger partial charge in [0.2, 0.25) is 0 Å². The normalized spacial score (nSPS) is 36.4. The van der Waals surface area contributed by atoms with Gasteiger partial charge in [0.15, 0.2) is 0 Å². The first kappa shape index (κ1) is 10.4. The Morgan fingerprint density at radius 1 is 1.07 bits per heavy atom. The molecule has 0 amide bonds. The molecule has 2 heteroatoms. The summed E-state index contributed by atoms with van der Waals surface area (Å²) < 4.78 is 5.39. The topological polar surface area (TPSA) is 12.5 Å². The van der Waals surface area contributed by atoms with E-state index in [2.05, 4.69) is 18.7 Å². The third kappa shape index (κ3) is 2.48. The molecule has 0 aromatic rings. The number of nitrogens with zero attached hydrogens (tertiary/aromatic N) is 1. The molecule has 82 valence electrons. The molecule has 2 aliphatic heterocycles. The largest absolute Gasteiger partial charge is 0.381 e. The summed E-state index contributed by atoms with van der Waals surface area (Å²) in [4.78, 5) is 2.66. The fraction of sp³-hybridized carbons (Fsp3) is 1.00. The highest BCUT2D eigenvalue weighted by atomic mass is 16.5. The Bertz CT molecular complexity index is 167.